The van der Waals surface area contributed by atoms with Crippen LogP contribution in [0, 0.1) is 17.8 Å². The van der Waals surface area contributed by atoms with E-state index >= 15 is 0 Å². The SMILES string of the molecule is C[C@H](CC1NNCN1C)C1CCCC(NC(=O)C2CC(C(=O)N3CCC(O)C3(C)C)CCN2)C1. The van der Waals surface area contributed by atoms with E-state index in [1.54, 1.807) is 0 Å². The Hall–Kier alpha value is -1.26. The molecule has 34 heavy (non-hydrogen) atoms. The zero-order valence-electron chi connectivity index (χ0n) is 21.5. The Morgan fingerprint density at radius 3 is 2.65 bits per heavy atom. The Morgan fingerprint density at radius 1 is 1.18 bits per heavy atom. The fraction of sp³-hybridized carbons (Fsp3) is 0.920. The van der Waals surface area contributed by atoms with Crippen LogP contribution >= 0.6 is 0 Å². The predicted octanol–water partition coefficient (Wildman–Crippen LogP) is 0.751. The van der Waals surface area contributed by atoms with E-state index < -0.39 is 11.6 Å². The molecule has 194 valence electrons. The summed E-state index contributed by atoms with van der Waals surface area (Å²) in [5.74, 6) is 1.18. The molecule has 4 rings (SSSR count). The van der Waals surface area contributed by atoms with Gasteiger partial charge in [-0.3, -0.25) is 14.5 Å². The van der Waals surface area contributed by atoms with Crippen LogP contribution in [0.3, 0.4) is 0 Å². The number of carbonyl (C=O) groups excluding carboxylic acids is 2. The van der Waals surface area contributed by atoms with Gasteiger partial charge in [0.15, 0.2) is 0 Å². The summed E-state index contributed by atoms with van der Waals surface area (Å²) in [4.78, 5) is 30.6. The molecule has 9 nitrogen and oxygen atoms in total. The van der Waals surface area contributed by atoms with Crippen LogP contribution < -0.4 is 21.5 Å². The third-order valence-electron chi connectivity index (χ3n) is 9.06. The van der Waals surface area contributed by atoms with Crippen molar-refractivity contribution < 1.29 is 14.7 Å². The topological polar surface area (TPSA) is 109 Å². The molecule has 0 spiro atoms. The summed E-state index contributed by atoms with van der Waals surface area (Å²) < 4.78 is 0. The summed E-state index contributed by atoms with van der Waals surface area (Å²) >= 11 is 0. The van der Waals surface area contributed by atoms with Crippen LogP contribution in [0.5, 0.6) is 0 Å². The molecule has 3 heterocycles. The molecule has 0 bridgehead atoms. The Labute approximate surface area is 204 Å². The largest absolute Gasteiger partial charge is 0.391 e. The quantitative estimate of drug-likeness (QED) is 0.383. The van der Waals surface area contributed by atoms with E-state index in [9.17, 15) is 14.7 Å². The second-order valence-electron chi connectivity index (χ2n) is 11.8. The minimum Gasteiger partial charge on any atom is -0.391 e. The number of likely N-dealkylation sites (tertiary alicyclic amines) is 1. The van der Waals surface area contributed by atoms with Crippen molar-refractivity contribution in [1.82, 2.24) is 31.3 Å². The number of hydrogen-bond acceptors (Lipinski definition) is 7. The average Bonchev–Trinajstić information content (AvgIpc) is 3.34. The van der Waals surface area contributed by atoms with Crippen LogP contribution in [0.1, 0.15) is 72.1 Å². The van der Waals surface area contributed by atoms with E-state index in [-0.39, 0.29) is 29.8 Å². The van der Waals surface area contributed by atoms with Gasteiger partial charge in [-0.1, -0.05) is 19.8 Å². The van der Waals surface area contributed by atoms with Gasteiger partial charge < -0.3 is 20.6 Å². The van der Waals surface area contributed by atoms with Gasteiger partial charge in [-0.25, -0.2) is 10.9 Å². The molecule has 4 fully saturated rings. The highest BCUT2D eigenvalue weighted by molar-refractivity contribution is 5.85. The van der Waals surface area contributed by atoms with Gasteiger partial charge in [0.1, 0.15) is 0 Å². The Balaban J connectivity index is 1.27. The zero-order valence-corrected chi connectivity index (χ0v) is 21.5. The number of nitrogens with zero attached hydrogens (tertiary/aromatic N) is 2. The van der Waals surface area contributed by atoms with Crippen LogP contribution in [0.15, 0.2) is 0 Å². The van der Waals surface area contributed by atoms with Crippen molar-refractivity contribution in [2.75, 3.05) is 26.8 Å². The molecule has 6 unspecified atom stereocenters. The van der Waals surface area contributed by atoms with E-state index in [4.69, 9.17) is 0 Å². The molecule has 5 N–H and O–H groups in total. The van der Waals surface area contributed by atoms with Crippen molar-refractivity contribution in [1.29, 1.82) is 0 Å². The molecule has 3 aliphatic heterocycles. The van der Waals surface area contributed by atoms with Gasteiger partial charge >= 0.3 is 0 Å². The number of aliphatic hydroxyl groups is 1. The van der Waals surface area contributed by atoms with Gasteiger partial charge in [-0.15, -0.1) is 0 Å². The molecule has 1 saturated carbocycles. The van der Waals surface area contributed by atoms with Gasteiger partial charge in [-0.2, -0.15) is 0 Å². The molecule has 0 aromatic rings. The van der Waals surface area contributed by atoms with Crippen molar-refractivity contribution in [2.45, 2.75) is 102 Å². The smallest absolute Gasteiger partial charge is 0.237 e. The van der Waals surface area contributed by atoms with Crippen LogP contribution in [0.25, 0.3) is 0 Å². The van der Waals surface area contributed by atoms with Crippen LogP contribution in [-0.4, -0.2) is 83.4 Å². The van der Waals surface area contributed by atoms with E-state index in [1.165, 1.54) is 6.42 Å². The fourth-order valence-electron chi connectivity index (χ4n) is 6.50. The summed E-state index contributed by atoms with van der Waals surface area (Å²) in [5.41, 5.74) is 6.03. The molecule has 0 aromatic carbocycles. The number of amides is 2. The van der Waals surface area contributed by atoms with Crippen LogP contribution in [-0.2, 0) is 9.59 Å². The van der Waals surface area contributed by atoms with E-state index in [0.29, 0.717) is 43.9 Å². The van der Waals surface area contributed by atoms with Gasteiger partial charge in [0.2, 0.25) is 11.8 Å². The number of nitrogens with one attached hydrogen (secondary N) is 4. The highest BCUT2D eigenvalue weighted by Gasteiger charge is 2.45. The molecule has 1 aliphatic carbocycles. The van der Waals surface area contributed by atoms with Crippen LogP contribution in [0.4, 0.5) is 0 Å². The number of aliphatic hydroxyl groups excluding tert-OH is 1. The first-order valence-corrected chi connectivity index (χ1v) is 13.4. The lowest BCUT2D eigenvalue weighted by molar-refractivity contribution is -0.142. The fourth-order valence-corrected chi connectivity index (χ4v) is 6.50. The Morgan fingerprint density at radius 2 is 1.97 bits per heavy atom. The zero-order chi connectivity index (χ0) is 24.5. The molecular formula is C25H46N6O3. The number of rotatable bonds is 6. The third-order valence-corrected chi connectivity index (χ3v) is 9.06. The van der Waals surface area contributed by atoms with E-state index in [1.807, 2.05) is 18.7 Å². The molecule has 4 aliphatic rings. The Kier molecular flexibility index (Phi) is 8.19. The summed E-state index contributed by atoms with van der Waals surface area (Å²) in [7, 11) is 2.14. The minimum absolute atomic E-state index is 0.0397. The van der Waals surface area contributed by atoms with Gasteiger partial charge in [0.05, 0.1) is 30.5 Å². The van der Waals surface area contributed by atoms with Gasteiger partial charge in [0.25, 0.3) is 0 Å². The van der Waals surface area contributed by atoms with Crippen molar-refractivity contribution in [3.63, 3.8) is 0 Å². The maximum Gasteiger partial charge on any atom is 0.237 e. The summed E-state index contributed by atoms with van der Waals surface area (Å²) in [6.07, 6.45) is 7.33. The van der Waals surface area contributed by atoms with E-state index in [2.05, 4.69) is 40.4 Å². The lowest BCUT2D eigenvalue weighted by Gasteiger charge is -2.39. The monoisotopic (exact) mass is 478 g/mol. The van der Waals surface area contributed by atoms with Crippen LogP contribution in [0.2, 0.25) is 0 Å². The van der Waals surface area contributed by atoms with Crippen molar-refractivity contribution in [3.05, 3.63) is 0 Å². The average molecular weight is 479 g/mol. The molecule has 0 aromatic heterocycles. The molecule has 7 atom stereocenters. The summed E-state index contributed by atoms with van der Waals surface area (Å²) in [6.45, 7) is 8.35. The minimum atomic E-state index is -0.535. The maximum absolute atomic E-state index is 13.2. The molecule has 3 saturated heterocycles. The molecule has 2 amide bonds. The number of hydrazine groups is 1. The normalized spacial score (nSPS) is 37.5. The molecular weight excluding hydrogens is 432 g/mol. The number of hydrogen-bond donors (Lipinski definition) is 5. The standard InChI is InChI=1S/C25H46N6O3/c1-16(12-22-29-27-15-30(22)4)17-6-5-7-19(13-17)28-23(33)20-14-18(8-10-26-20)24(34)31-11-9-21(32)25(31,2)3/h16-22,26-27,29,32H,5-15H2,1-4H3,(H,28,33)/t16-,17?,18?,19?,20?,21?,22?/m1/s1. The molecule has 0 radical (unpaired) electrons. The lowest BCUT2D eigenvalue weighted by Crippen LogP contribution is -2.56. The van der Waals surface area contributed by atoms with Crippen molar-refractivity contribution >= 4 is 11.8 Å². The highest BCUT2D eigenvalue weighted by atomic mass is 16.3. The second-order valence-corrected chi connectivity index (χ2v) is 11.8. The predicted molar refractivity (Wildman–Crippen MR) is 131 cm³/mol. The number of piperidine rings is 1. The lowest BCUT2D eigenvalue weighted by atomic mass is 9.77. The third kappa shape index (κ3) is 5.59. The van der Waals surface area contributed by atoms with Crippen molar-refractivity contribution in [2.24, 2.45) is 17.8 Å². The highest BCUT2D eigenvalue weighted by Crippen LogP contribution is 2.34. The van der Waals surface area contributed by atoms with Gasteiger partial charge in [0, 0.05) is 18.5 Å². The first kappa shape index (κ1) is 25.8. The van der Waals surface area contributed by atoms with Crippen molar-refractivity contribution in [3.8, 4) is 0 Å². The summed E-state index contributed by atoms with van der Waals surface area (Å²) in [6, 6.07) is -0.106. The second kappa shape index (κ2) is 10.8. The first-order valence-electron chi connectivity index (χ1n) is 13.4. The first-order chi connectivity index (χ1) is 16.2. The number of carbonyl (C=O) groups is 2. The summed E-state index contributed by atoms with van der Waals surface area (Å²) in [5, 5.41) is 16.9. The Bertz CT molecular complexity index is 733. The maximum atomic E-state index is 13.2. The van der Waals surface area contributed by atoms with Gasteiger partial charge in [-0.05, 0) is 77.8 Å². The van der Waals surface area contributed by atoms with E-state index in [0.717, 1.165) is 38.8 Å². The molecule has 9 heteroatoms.